The second kappa shape index (κ2) is 12.9. The van der Waals surface area contributed by atoms with E-state index in [9.17, 15) is 20.4 Å². The lowest BCUT2D eigenvalue weighted by atomic mass is 10.3. The van der Waals surface area contributed by atoms with E-state index in [0.29, 0.717) is 25.7 Å². The van der Waals surface area contributed by atoms with E-state index in [1.165, 1.54) is 0 Å². The summed E-state index contributed by atoms with van der Waals surface area (Å²) < 4.78 is 0. The number of aliphatic hydroxyl groups excluding tert-OH is 4. The van der Waals surface area contributed by atoms with Crippen LogP contribution in [0.2, 0.25) is 0 Å². The molecule has 22 heavy (non-hydrogen) atoms. The Kier molecular flexibility index (Phi) is 14.6. The molecule has 0 heterocycles. The maximum atomic E-state index is 10.7. The Bertz CT molecular complexity index is 215. The normalized spacial score (nSPS) is 19.6. The first-order valence-electron chi connectivity index (χ1n) is 8.53. The van der Waals surface area contributed by atoms with Crippen molar-refractivity contribution < 1.29 is 32.8 Å². The van der Waals surface area contributed by atoms with Gasteiger partial charge in [0.2, 0.25) is 0 Å². The van der Waals surface area contributed by atoms with Crippen molar-refractivity contribution >= 4 is 7.26 Å². The van der Waals surface area contributed by atoms with Crippen LogP contribution in [0.3, 0.4) is 0 Å². The maximum Gasteiger partial charge on any atom is 0.172 e. The van der Waals surface area contributed by atoms with Gasteiger partial charge in [-0.3, -0.25) is 0 Å². The molecule has 4 atom stereocenters. The molecule has 0 spiro atoms. The number of hydrogen-bond acceptors (Lipinski definition) is 4. The number of hydrogen-bond donors (Lipinski definition) is 4. The van der Waals surface area contributed by atoms with Gasteiger partial charge in [-0.25, -0.2) is 0 Å². The molecular formula is C16H36ClO4P. The second-order valence-electron chi connectivity index (χ2n) is 5.97. The molecule has 0 aromatic carbocycles. The van der Waals surface area contributed by atoms with E-state index in [4.69, 9.17) is 0 Å². The molecule has 0 saturated heterocycles. The predicted molar refractivity (Wildman–Crippen MR) is 90.6 cm³/mol. The summed E-state index contributed by atoms with van der Waals surface area (Å²) in [5.41, 5.74) is 0. The van der Waals surface area contributed by atoms with Crippen molar-refractivity contribution in [3.63, 3.8) is 0 Å². The highest BCUT2D eigenvalue weighted by Crippen LogP contribution is 2.74. The Balaban J connectivity index is 0. The molecule has 0 amide bonds. The molecule has 4 nitrogen and oxygen atoms in total. The van der Waals surface area contributed by atoms with Crippen LogP contribution in [0.5, 0.6) is 0 Å². The van der Waals surface area contributed by atoms with Crippen molar-refractivity contribution in [2.24, 2.45) is 0 Å². The second-order valence-corrected chi connectivity index (χ2v) is 10.1. The van der Waals surface area contributed by atoms with Crippen LogP contribution >= 0.6 is 7.26 Å². The van der Waals surface area contributed by atoms with E-state index < -0.39 is 30.6 Å². The standard InChI is InChI=1S/C16H36O4P.ClH/c1-5-9-13(17)21(14(18)10-6-2,15(19)11-7-3)16(20)12-8-4;/h13-20H,5-12H2,1-4H3;1H/q+1;/p-1. The van der Waals surface area contributed by atoms with Crippen LogP contribution in [-0.4, -0.2) is 43.8 Å². The lowest BCUT2D eigenvalue weighted by Crippen LogP contribution is -3.00. The number of rotatable bonds is 12. The van der Waals surface area contributed by atoms with E-state index in [-0.39, 0.29) is 12.4 Å². The van der Waals surface area contributed by atoms with Crippen LogP contribution < -0.4 is 12.4 Å². The monoisotopic (exact) mass is 358 g/mol. The van der Waals surface area contributed by atoms with E-state index in [2.05, 4.69) is 0 Å². The first-order valence-corrected chi connectivity index (χ1v) is 10.6. The van der Waals surface area contributed by atoms with Crippen molar-refractivity contribution in [2.75, 3.05) is 0 Å². The summed E-state index contributed by atoms with van der Waals surface area (Å²) in [7, 11) is -2.70. The minimum Gasteiger partial charge on any atom is -1.00 e. The van der Waals surface area contributed by atoms with E-state index in [1.54, 1.807) is 0 Å². The molecule has 6 heteroatoms. The van der Waals surface area contributed by atoms with Gasteiger partial charge in [0.05, 0.1) is 0 Å². The fourth-order valence-electron chi connectivity index (χ4n) is 3.12. The summed E-state index contributed by atoms with van der Waals surface area (Å²) >= 11 is 0. The average Bonchev–Trinajstić information content (AvgIpc) is 2.40. The van der Waals surface area contributed by atoms with Gasteiger partial charge in [0.25, 0.3) is 0 Å². The third-order valence-electron chi connectivity index (χ3n) is 4.25. The average molecular weight is 359 g/mol. The molecule has 0 fully saturated rings. The van der Waals surface area contributed by atoms with Crippen molar-refractivity contribution in [1.29, 1.82) is 0 Å². The zero-order chi connectivity index (χ0) is 16.5. The highest BCUT2D eigenvalue weighted by atomic mass is 35.5. The van der Waals surface area contributed by atoms with Crippen LogP contribution in [0.4, 0.5) is 0 Å². The summed E-state index contributed by atoms with van der Waals surface area (Å²) in [4.78, 5) is 0. The molecular weight excluding hydrogens is 323 g/mol. The van der Waals surface area contributed by atoms with Gasteiger partial charge in [0.15, 0.2) is 23.4 Å². The minimum atomic E-state index is -2.70. The van der Waals surface area contributed by atoms with Gasteiger partial charge in [0.1, 0.15) is 7.26 Å². The van der Waals surface area contributed by atoms with Gasteiger partial charge < -0.3 is 32.8 Å². The van der Waals surface area contributed by atoms with E-state index >= 15 is 0 Å². The smallest absolute Gasteiger partial charge is 0.172 e. The van der Waals surface area contributed by atoms with Gasteiger partial charge in [-0.2, -0.15) is 0 Å². The van der Waals surface area contributed by atoms with E-state index in [0.717, 1.165) is 25.7 Å². The topological polar surface area (TPSA) is 80.9 Å². The summed E-state index contributed by atoms with van der Waals surface area (Å²) in [6.07, 6.45) is 5.20. The first kappa shape index (κ1) is 24.8. The minimum absolute atomic E-state index is 0. The Labute approximate surface area is 143 Å². The molecule has 0 saturated carbocycles. The summed E-state index contributed by atoms with van der Waals surface area (Å²) in [6.45, 7) is 7.90. The van der Waals surface area contributed by atoms with Gasteiger partial charge in [-0.05, 0) is 0 Å². The molecule has 4 unspecified atom stereocenters. The Morgan fingerprint density at radius 2 is 0.727 bits per heavy atom. The van der Waals surface area contributed by atoms with Crippen molar-refractivity contribution in [1.82, 2.24) is 0 Å². The van der Waals surface area contributed by atoms with Crippen LogP contribution in [0, 0.1) is 0 Å². The molecule has 0 rings (SSSR count). The third kappa shape index (κ3) is 5.89. The quantitative estimate of drug-likeness (QED) is 0.383. The molecule has 0 radical (unpaired) electrons. The molecule has 0 aromatic rings. The zero-order valence-electron chi connectivity index (χ0n) is 14.6. The highest BCUT2D eigenvalue weighted by Gasteiger charge is 2.61. The number of halogens is 1. The fraction of sp³-hybridized carbons (Fsp3) is 1.00. The van der Waals surface area contributed by atoms with Crippen molar-refractivity contribution in [2.45, 2.75) is 102 Å². The van der Waals surface area contributed by atoms with Crippen LogP contribution in [0.25, 0.3) is 0 Å². The predicted octanol–water partition coefficient (Wildman–Crippen LogP) is 0.482. The molecule has 0 bridgehead atoms. The Morgan fingerprint density at radius 3 is 0.864 bits per heavy atom. The number of aliphatic hydroxyl groups is 4. The molecule has 0 aliphatic carbocycles. The zero-order valence-corrected chi connectivity index (χ0v) is 16.2. The van der Waals surface area contributed by atoms with Gasteiger partial charge in [-0.1, -0.05) is 53.4 Å². The Morgan fingerprint density at radius 1 is 0.545 bits per heavy atom. The van der Waals surface area contributed by atoms with Gasteiger partial charge >= 0.3 is 0 Å². The lowest BCUT2D eigenvalue weighted by Gasteiger charge is -2.41. The molecule has 0 aliphatic heterocycles. The van der Waals surface area contributed by atoms with Crippen LogP contribution in [-0.2, 0) is 0 Å². The lowest BCUT2D eigenvalue weighted by molar-refractivity contribution is -0.0000126. The van der Waals surface area contributed by atoms with Crippen molar-refractivity contribution in [3.8, 4) is 0 Å². The fourth-order valence-corrected chi connectivity index (χ4v) is 8.32. The summed E-state index contributed by atoms with van der Waals surface area (Å²) in [6, 6.07) is 0. The summed E-state index contributed by atoms with van der Waals surface area (Å²) in [5, 5.41) is 42.9. The van der Waals surface area contributed by atoms with Crippen LogP contribution in [0.1, 0.15) is 79.1 Å². The van der Waals surface area contributed by atoms with Gasteiger partial charge in [0, 0.05) is 25.7 Å². The van der Waals surface area contributed by atoms with Gasteiger partial charge in [-0.15, -0.1) is 0 Å². The molecule has 0 aromatic heterocycles. The third-order valence-corrected chi connectivity index (χ3v) is 9.42. The SMILES string of the molecule is CCCC(O)[P+](C(O)CCC)(C(O)CCC)C(O)CCC.[Cl-]. The summed E-state index contributed by atoms with van der Waals surface area (Å²) in [5.74, 6) is -3.14. The highest BCUT2D eigenvalue weighted by molar-refractivity contribution is 7.77. The van der Waals surface area contributed by atoms with Crippen LogP contribution in [0.15, 0.2) is 0 Å². The largest absolute Gasteiger partial charge is 1.00 e. The maximum absolute atomic E-state index is 10.7. The Hall–Kier alpha value is 0.560. The van der Waals surface area contributed by atoms with E-state index in [1.807, 2.05) is 27.7 Å². The first-order chi connectivity index (χ1) is 9.93. The van der Waals surface area contributed by atoms with Crippen molar-refractivity contribution in [3.05, 3.63) is 0 Å². The molecule has 4 N–H and O–H groups in total. The molecule has 0 aliphatic rings. The molecule has 136 valence electrons.